The monoisotopic (exact) mass is 338 g/mol. The lowest BCUT2D eigenvalue weighted by Gasteiger charge is -2.09. The molecule has 1 aliphatic carbocycles. The van der Waals surface area contributed by atoms with E-state index in [0.717, 1.165) is 5.76 Å². The van der Waals surface area contributed by atoms with Gasteiger partial charge in [-0.15, -0.1) is 0 Å². The molecule has 3 rings (SSSR count). The highest BCUT2D eigenvalue weighted by Gasteiger charge is 2.23. The van der Waals surface area contributed by atoms with Crippen LogP contribution in [-0.4, -0.2) is 14.8 Å². The Morgan fingerprint density at radius 2 is 2.30 bits per heavy atom. The zero-order valence-electron chi connectivity index (χ0n) is 11.1. The van der Waals surface area contributed by atoms with E-state index in [4.69, 9.17) is 4.42 Å². The number of oxazole rings is 1. The predicted octanol–water partition coefficient (Wildman–Crippen LogP) is 2.32. The number of anilines is 1. The van der Waals surface area contributed by atoms with Gasteiger partial charge in [0, 0.05) is 6.54 Å². The number of hydrogen-bond acceptors (Lipinski definition) is 5. The van der Waals surface area contributed by atoms with Crippen LogP contribution in [0.3, 0.4) is 0 Å². The normalized spacial score (nSPS) is 14.5. The van der Waals surface area contributed by atoms with E-state index < -0.39 is 0 Å². The fourth-order valence-electron chi connectivity index (χ4n) is 1.92. The second kappa shape index (κ2) is 5.40. The van der Waals surface area contributed by atoms with Gasteiger partial charge in [0.1, 0.15) is 10.2 Å². The van der Waals surface area contributed by atoms with E-state index in [0.29, 0.717) is 35.1 Å². The van der Waals surface area contributed by atoms with Crippen LogP contribution in [0.1, 0.15) is 24.5 Å². The number of rotatable bonds is 5. The summed E-state index contributed by atoms with van der Waals surface area (Å²) in [4.78, 5) is 16.2. The Bertz CT molecular complexity index is 675. The van der Waals surface area contributed by atoms with Gasteiger partial charge in [-0.3, -0.25) is 4.79 Å². The average molecular weight is 339 g/mol. The van der Waals surface area contributed by atoms with Crippen LogP contribution in [0, 0.1) is 12.8 Å². The first-order chi connectivity index (χ1) is 9.63. The van der Waals surface area contributed by atoms with E-state index in [1.54, 1.807) is 12.4 Å². The molecule has 1 N–H and O–H groups in total. The molecule has 6 nitrogen and oxygen atoms in total. The summed E-state index contributed by atoms with van der Waals surface area (Å²) in [6.45, 7) is 2.96. The minimum atomic E-state index is -0.106. The molecule has 2 aromatic heterocycles. The Balaban J connectivity index is 1.73. The molecule has 1 saturated carbocycles. The lowest BCUT2D eigenvalue weighted by atomic mass is 10.4. The van der Waals surface area contributed by atoms with Crippen LogP contribution in [0.4, 0.5) is 5.69 Å². The fraction of sp³-hybridized carbons (Fsp3) is 0.462. The quantitative estimate of drug-likeness (QED) is 0.905. The van der Waals surface area contributed by atoms with Gasteiger partial charge in [0.15, 0.2) is 0 Å². The van der Waals surface area contributed by atoms with E-state index >= 15 is 0 Å². The highest BCUT2D eigenvalue weighted by atomic mass is 79.9. The van der Waals surface area contributed by atoms with Gasteiger partial charge in [0.2, 0.25) is 5.89 Å². The minimum Gasteiger partial charge on any atom is -0.444 e. The third kappa shape index (κ3) is 2.92. The molecule has 0 unspecified atom stereocenters. The maximum absolute atomic E-state index is 12.1. The Morgan fingerprint density at radius 1 is 1.50 bits per heavy atom. The van der Waals surface area contributed by atoms with Crippen molar-refractivity contribution in [3.63, 3.8) is 0 Å². The van der Waals surface area contributed by atoms with Gasteiger partial charge in [-0.1, -0.05) is 0 Å². The molecule has 20 heavy (non-hydrogen) atoms. The molecule has 7 heteroatoms. The highest BCUT2D eigenvalue weighted by molar-refractivity contribution is 9.10. The molecule has 2 aromatic rings. The summed E-state index contributed by atoms with van der Waals surface area (Å²) in [5.74, 6) is 1.96. The second-order valence-corrected chi connectivity index (χ2v) is 5.81. The van der Waals surface area contributed by atoms with Gasteiger partial charge < -0.3 is 9.73 Å². The van der Waals surface area contributed by atoms with Crippen molar-refractivity contribution in [1.82, 2.24) is 14.8 Å². The number of aryl methyl sites for hydroxylation is 1. The summed E-state index contributed by atoms with van der Waals surface area (Å²) in [5.41, 5.74) is 0.545. The van der Waals surface area contributed by atoms with Crippen LogP contribution in [-0.2, 0) is 13.1 Å². The molecule has 0 aromatic carbocycles. The SMILES string of the molecule is Cc1cnc(CNc2cnn(CC3CC3)c(=O)c2Br)o1. The maximum atomic E-state index is 12.1. The smallest absolute Gasteiger partial charge is 0.283 e. The zero-order valence-corrected chi connectivity index (χ0v) is 12.7. The Morgan fingerprint density at radius 3 is 2.95 bits per heavy atom. The van der Waals surface area contributed by atoms with Gasteiger partial charge in [0.05, 0.1) is 24.6 Å². The first kappa shape index (κ1) is 13.4. The molecule has 0 bridgehead atoms. The molecule has 0 amide bonds. The largest absolute Gasteiger partial charge is 0.444 e. The summed E-state index contributed by atoms with van der Waals surface area (Å²) in [7, 11) is 0. The van der Waals surface area contributed by atoms with Crippen molar-refractivity contribution >= 4 is 21.6 Å². The Hall–Kier alpha value is -1.63. The maximum Gasteiger partial charge on any atom is 0.283 e. The zero-order chi connectivity index (χ0) is 14.1. The molecule has 1 aliphatic rings. The first-order valence-electron chi connectivity index (χ1n) is 6.54. The van der Waals surface area contributed by atoms with E-state index in [9.17, 15) is 4.79 Å². The van der Waals surface area contributed by atoms with Crippen molar-refractivity contribution in [3.05, 3.63) is 38.9 Å². The van der Waals surface area contributed by atoms with Crippen molar-refractivity contribution in [2.45, 2.75) is 32.9 Å². The summed E-state index contributed by atoms with van der Waals surface area (Å²) in [6.07, 6.45) is 5.70. The van der Waals surface area contributed by atoms with Crippen molar-refractivity contribution in [2.75, 3.05) is 5.32 Å². The second-order valence-electron chi connectivity index (χ2n) is 5.02. The Labute approximate surface area is 124 Å². The van der Waals surface area contributed by atoms with Crippen LogP contribution in [0.2, 0.25) is 0 Å². The van der Waals surface area contributed by atoms with E-state index in [-0.39, 0.29) is 5.56 Å². The van der Waals surface area contributed by atoms with Crippen molar-refractivity contribution < 1.29 is 4.42 Å². The average Bonchev–Trinajstić information content (AvgIpc) is 3.15. The molecule has 2 heterocycles. The van der Waals surface area contributed by atoms with Gasteiger partial charge in [-0.25, -0.2) is 9.67 Å². The molecule has 0 aliphatic heterocycles. The number of nitrogens with zero attached hydrogens (tertiary/aromatic N) is 3. The standard InChI is InChI=1S/C13H15BrN4O2/c1-8-4-16-11(20-8)6-15-10-5-17-18(7-9-2-3-9)13(19)12(10)14/h4-5,9,15H,2-3,6-7H2,1H3. The molecule has 0 radical (unpaired) electrons. The molecular weight excluding hydrogens is 324 g/mol. The molecular formula is C13H15BrN4O2. The van der Waals surface area contributed by atoms with Crippen LogP contribution in [0.5, 0.6) is 0 Å². The fourth-order valence-corrected chi connectivity index (χ4v) is 2.36. The summed E-state index contributed by atoms with van der Waals surface area (Å²) in [6, 6.07) is 0. The number of halogens is 1. The predicted molar refractivity (Wildman–Crippen MR) is 77.5 cm³/mol. The summed E-state index contributed by atoms with van der Waals surface area (Å²) >= 11 is 3.33. The lowest BCUT2D eigenvalue weighted by molar-refractivity contribution is 0.478. The molecule has 106 valence electrons. The molecule has 0 saturated heterocycles. The van der Waals surface area contributed by atoms with Gasteiger partial charge in [0.25, 0.3) is 5.56 Å². The lowest BCUT2D eigenvalue weighted by Crippen LogP contribution is -2.25. The van der Waals surface area contributed by atoms with E-state index in [1.165, 1.54) is 17.5 Å². The first-order valence-corrected chi connectivity index (χ1v) is 7.33. The molecule has 0 atom stereocenters. The summed E-state index contributed by atoms with van der Waals surface area (Å²) < 4.78 is 7.38. The van der Waals surface area contributed by atoms with Gasteiger partial charge in [-0.05, 0) is 41.6 Å². The number of hydrogen-bond donors (Lipinski definition) is 1. The van der Waals surface area contributed by atoms with Crippen LogP contribution >= 0.6 is 15.9 Å². The van der Waals surface area contributed by atoms with Crippen LogP contribution in [0.15, 0.2) is 26.1 Å². The summed E-state index contributed by atoms with van der Waals surface area (Å²) in [5, 5.41) is 7.30. The van der Waals surface area contributed by atoms with Crippen molar-refractivity contribution in [2.24, 2.45) is 5.92 Å². The minimum absolute atomic E-state index is 0.106. The van der Waals surface area contributed by atoms with Gasteiger partial charge in [-0.2, -0.15) is 5.10 Å². The van der Waals surface area contributed by atoms with Crippen LogP contribution < -0.4 is 10.9 Å². The van der Waals surface area contributed by atoms with Gasteiger partial charge >= 0.3 is 0 Å². The third-order valence-electron chi connectivity index (χ3n) is 3.21. The number of nitrogens with one attached hydrogen (secondary N) is 1. The number of aromatic nitrogens is 3. The van der Waals surface area contributed by atoms with E-state index in [2.05, 4.69) is 31.3 Å². The molecule has 0 spiro atoms. The highest BCUT2D eigenvalue weighted by Crippen LogP contribution is 2.30. The topological polar surface area (TPSA) is 73.0 Å². The van der Waals surface area contributed by atoms with Crippen molar-refractivity contribution in [3.8, 4) is 0 Å². The Kier molecular flexibility index (Phi) is 3.60. The third-order valence-corrected chi connectivity index (χ3v) is 3.98. The van der Waals surface area contributed by atoms with Crippen molar-refractivity contribution in [1.29, 1.82) is 0 Å². The van der Waals surface area contributed by atoms with E-state index in [1.807, 2.05) is 6.92 Å². The van der Waals surface area contributed by atoms with Crippen LogP contribution in [0.25, 0.3) is 0 Å². The molecule has 1 fully saturated rings.